The van der Waals surface area contributed by atoms with Crippen molar-refractivity contribution in [3.63, 3.8) is 0 Å². The zero-order valence-electron chi connectivity index (χ0n) is 10.9. The van der Waals surface area contributed by atoms with Crippen LogP contribution in [0.2, 0.25) is 0 Å². The second-order valence-corrected chi connectivity index (χ2v) is 4.09. The summed E-state index contributed by atoms with van der Waals surface area (Å²) >= 11 is 0. The fraction of sp³-hybridized carbons (Fsp3) is 0.818. The number of hydrogen-bond donors (Lipinski definition) is 2. The third-order valence-electron chi connectivity index (χ3n) is 2.23. The maximum atomic E-state index is 11.6. The molecule has 6 nitrogen and oxygen atoms in total. The van der Waals surface area contributed by atoms with E-state index in [1.807, 2.05) is 13.8 Å². The minimum atomic E-state index is -1.02. The van der Waals surface area contributed by atoms with Gasteiger partial charge in [-0.25, -0.2) is 9.59 Å². The number of urea groups is 1. The van der Waals surface area contributed by atoms with Crippen molar-refractivity contribution < 1.29 is 19.4 Å². The third-order valence-corrected chi connectivity index (χ3v) is 2.23. The average Bonchev–Trinajstić information content (AvgIpc) is 2.24. The Morgan fingerprint density at radius 2 is 2.00 bits per heavy atom. The molecule has 0 fully saturated rings. The van der Waals surface area contributed by atoms with Crippen LogP contribution in [0, 0.1) is 0 Å². The third kappa shape index (κ3) is 6.78. The molecule has 0 aliphatic heterocycles. The Morgan fingerprint density at radius 1 is 1.41 bits per heavy atom. The molecule has 6 heteroatoms. The first-order valence-corrected chi connectivity index (χ1v) is 5.74. The van der Waals surface area contributed by atoms with Gasteiger partial charge in [0.1, 0.15) is 6.04 Å². The number of carbonyl (C=O) groups excluding carboxylic acids is 1. The van der Waals surface area contributed by atoms with Crippen LogP contribution in [0.1, 0.15) is 27.2 Å². The molecular weight excluding hydrogens is 224 g/mol. The quantitative estimate of drug-likeness (QED) is 0.700. The first kappa shape index (κ1) is 15.7. The van der Waals surface area contributed by atoms with Crippen LogP contribution in [0.15, 0.2) is 0 Å². The molecule has 0 bridgehead atoms. The van der Waals surface area contributed by atoms with Crippen LogP contribution in [0.4, 0.5) is 4.79 Å². The van der Waals surface area contributed by atoms with Crippen LogP contribution in [0.5, 0.6) is 0 Å². The van der Waals surface area contributed by atoms with E-state index in [9.17, 15) is 9.59 Å². The largest absolute Gasteiger partial charge is 0.480 e. The molecule has 0 aliphatic rings. The lowest BCUT2D eigenvalue weighted by Crippen LogP contribution is -2.47. The van der Waals surface area contributed by atoms with Gasteiger partial charge in [0.15, 0.2) is 0 Å². The number of aliphatic carboxylic acids is 1. The van der Waals surface area contributed by atoms with Crippen LogP contribution in [0.3, 0.4) is 0 Å². The van der Waals surface area contributed by atoms with E-state index in [1.165, 1.54) is 4.90 Å². The number of amides is 2. The van der Waals surface area contributed by atoms with Gasteiger partial charge in [-0.3, -0.25) is 0 Å². The van der Waals surface area contributed by atoms with Gasteiger partial charge in [-0.05, 0) is 20.3 Å². The molecule has 1 atom stereocenters. The Labute approximate surface area is 102 Å². The molecule has 0 aromatic rings. The van der Waals surface area contributed by atoms with E-state index in [2.05, 4.69) is 5.32 Å². The van der Waals surface area contributed by atoms with Gasteiger partial charge in [0.25, 0.3) is 0 Å². The number of nitrogens with zero attached hydrogens (tertiary/aromatic N) is 1. The summed E-state index contributed by atoms with van der Waals surface area (Å²) in [5.41, 5.74) is 0. The standard InChI is InChI=1S/C11H22N2O4/c1-5-9(10(14)15)12-11(16)13(4)6-7-17-8(2)3/h8-9H,5-7H2,1-4H3,(H,12,16)(H,14,15). The highest BCUT2D eigenvalue weighted by Gasteiger charge is 2.19. The van der Waals surface area contributed by atoms with Crippen molar-refractivity contribution in [3.8, 4) is 0 Å². The number of ether oxygens (including phenoxy) is 1. The van der Waals surface area contributed by atoms with E-state index in [4.69, 9.17) is 9.84 Å². The van der Waals surface area contributed by atoms with Gasteiger partial charge in [-0.15, -0.1) is 0 Å². The van der Waals surface area contributed by atoms with Crippen molar-refractivity contribution in [1.82, 2.24) is 10.2 Å². The Bertz CT molecular complexity index is 256. The predicted octanol–water partition coefficient (Wildman–Crippen LogP) is 0.916. The fourth-order valence-electron chi connectivity index (χ4n) is 1.12. The number of carboxylic acids is 1. The Balaban J connectivity index is 4.00. The van der Waals surface area contributed by atoms with Crippen molar-refractivity contribution in [1.29, 1.82) is 0 Å². The SMILES string of the molecule is CCC(NC(=O)N(C)CCOC(C)C)C(=O)O. The number of hydrogen-bond acceptors (Lipinski definition) is 3. The van der Waals surface area contributed by atoms with Crippen LogP contribution >= 0.6 is 0 Å². The molecule has 0 radical (unpaired) electrons. The monoisotopic (exact) mass is 246 g/mol. The Morgan fingerprint density at radius 3 is 2.41 bits per heavy atom. The Kier molecular flexibility index (Phi) is 7.29. The number of carboxylic acid groups (broad SMARTS) is 1. The molecular formula is C11H22N2O4. The topological polar surface area (TPSA) is 78.9 Å². The molecule has 17 heavy (non-hydrogen) atoms. The van der Waals surface area contributed by atoms with Crippen molar-refractivity contribution in [2.45, 2.75) is 39.3 Å². The van der Waals surface area contributed by atoms with Crippen LogP contribution in [-0.4, -0.2) is 54.4 Å². The lowest BCUT2D eigenvalue weighted by molar-refractivity contribution is -0.139. The molecule has 0 aromatic carbocycles. The molecule has 0 aromatic heterocycles. The number of likely N-dealkylation sites (N-methyl/N-ethyl adjacent to an activating group) is 1. The van der Waals surface area contributed by atoms with E-state index < -0.39 is 18.0 Å². The van der Waals surface area contributed by atoms with Crippen molar-refractivity contribution in [2.75, 3.05) is 20.2 Å². The second kappa shape index (κ2) is 7.89. The maximum Gasteiger partial charge on any atom is 0.326 e. The molecule has 0 saturated carbocycles. The minimum Gasteiger partial charge on any atom is -0.480 e. The van der Waals surface area contributed by atoms with E-state index >= 15 is 0 Å². The van der Waals surface area contributed by atoms with E-state index in [-0.39, 0.29) is 6.10 Å². The zero-order chi connectivity index (χ0) is 13.4. The van der Waals surface area contributed by atoms with Crippen LogP contribution < -0.4 is 5.32 Å². The number of carbonyl (C=O) groups is 2. The highest BCUT2D eigenvalue weighted by molar-refractivity contribution is 5.82. The number of rotatable bonds is 7. The summed E-state index contributed by atoms with van der Waals surface area (Å²) in [7, 11) is 1.60. The fourth-order valence-corrected chi connectivity index (χ4v) is 1.12. The van der Waals surface area contributed by atoms with Gasteiger partial charge in [0.05, 0.1) is 12.7 Å². The number of nitrogens with one attached hydrogen (secondary N) is 1. The summed E-state index contributed by atoms with van der Waals surface area (Å²) < 4.78 is 5.30. The molecule has 0 saturated heterocycles. The van der Waals surface area contributed by atoms with Crippen molar-refractivity contribution >= 4 is 12.0 Å². The van der Waals surface area contributed by atoms with Crippen molar-refractivity contribution in [3.05, 3.63) is 0 Å². The highest BCUT2D eigenvalue weighted by atomic mass is 16.5. The molecule has 100 valence electrons. The van der Waals surface area contributed by atoms with Gasteiger partial charge in [0.2, 0.25) is 0 Å². The summed E-state index contributed by atoms with van der Waals surface area (Å²) in [5.74, 6) is -1.02. The molecule has 2 amide bonds. The summed E-state index contributed by atoms with van der Waals surface area (Å²) in [4.78, 5) is 23.7. The van der Waals surface area contributed by atoms with E-state index in [1.54, 1.807) is 14.0 Å². The van der Waals surface area contributed by atoms with Gasteiger partial charge in [0, 0.05) is 13.6 Å². The second-order valence-electron chi connectivity index (χ2n) is 4.09. The lowest BCUT2D eigenvalue weighted by atomic mass is 10.2. The van der Waals surface area contributed by atoms with E-state index in [0.29, 0.717) is 19.6 Å². The lowest BCUT2D eigenvalue weighted by Gasteiger charge is -2.21. The van der Waals surface area contributed by atoms with Crippen LogP contribution in [0.25, 0.3) is 0 Å². The van der Waals surface area contributed by atoms with Gasteiger partial charge in [-0.1, -0.05) is 6.92 Å². The summed E-state index contributed by atoms with van der Waals surface area (Å²) in [6, 6.07) is -1.23. The zero-order valence-corrected chi connectivity index (χ0v) is 10.9. The average molecular weight is 246 g/mol. The van der Waals surface area contributed by atoms with Crippen LogP contribution in [-0.2, 0) is 9.53 Å². The minimum absolute atomic E-state index is 0.119. The van der Waals surface area contributed by atoms with Crippen molar-refractivity contribution in [2.24, 2.45) is 0 Å². The first-order valence-electron chi connectivity index (χ1n) is 5.74. The Hall–Kier alpha value is -1.30. The van der Waals surface area contributed by atoms with Gasteiger partial charge >= 0.3 is 12.0 Å². The predicted molar refractivity (Wildman–Crippen MR) is 64.0 cm³/mol. The molecule has 0 spiro atoms. The van der Waals surface area contributed by atoms with Gasteiger partial charge < -0.3 is 20.1 Å². The molecule has 0 heterocycles. The summed E-state index contributed by atoms with van der Waals surface area (Å²) in [5, 5.41) is 11.2. The van der Waals surface area contributed by atoms with Gasteiger partial charge in [-0.2, -0.15) is 0 Å². The van der Waals surface area contributed by atoms with E-state index in [0.717, 1.165) is 0 Å². The molecule has 1 unspecified atom stereocenters. The molecule has 0 rings (SSSR count). The smallest absolute Gasteiger partial charge is 0.326 e. The summed E-state index contributed by atoms with van der Waals surface area (Å²) in [6.07, 6.45) is 0.478. The summed E-state index contributed by atoms with van der Waals surface area (Å²) in [6.45, 7) is 6.40. The normalized spacial score (nSPS) is 12.3. The highest BCUT2D eigenvalue weighted by Crippen LogP contribution is 1.95. The molecule has 2 N–H and O–H groups in total. The maximum absolute atomic E-state index is 11.6. The molecule has 0 aliphatic carbocycles. The first-order chi connectivity index (χ1) is 7.88.